The van der Waals surface area contributed by atoms with Gasteiger partial charge >= 0.3 is 7.82 Å². The van der Waals surface area contributed by atoms with Gasteiger partial charge in [0.15, 0.2) is 0 Å². The molecule has 0 saturated carbocycles. The second-order valence-corrected chi connectivity index (χ2v) is 5.72. The molecule has 8 nitrogen and oxygen atoms in total. The van der Waals surface area contributed by atoms with Gasteiger partial charge in [-0.2, -0.15) is 5.10 Å². The Morgan fingerprint density at radius 3 is 2.14 bits per heavy atom. The van der Waals surface area contributed by atoms with Crippen LogP contribution in [-0.2, 0) is 4.57 Å². The number of hydrogen-bond donors (Lipinski definition) is 3. The Kier molecular flexibility index (Phi) is 6.94. The van der Waals surface area contributed by atoms with Crippen molar-refractivity contribution in [1.82, 2.24) is 14.9 Å². The van der Waals surface area contributed by atoms with Gasteiger partial charge in [0.2, 0.25) is 0 Å². The maximum Gasteiger partial charge on any atom is 0.466 e. The molecule has 1 aromatic heterocycles. The summed E-state index contributed by atoms with van der Waals surface area (Å²) in [7, 11) is -2.49. The van der Waals surface area contributed by atoms with Crippen LogP contribution in [0.3, 0.4) is 0 Å². The highest BCUT2D eigenvalue weighted by Gasteiger charge is 2.11. The summed E-state index contributed by atoms with van der Waals surface area (Å²) in [4.78, 5) is 27.9. The van der Waals surface area contributed by atoms with Gasteiger partial charge in [0.25, 0.3) is 0 Å². The minimum absolute atomic E-state index is 1.01. The number of piperazine rings is 1. The Labute approximate surface area is 124 Å². The van der Waals surface area contributed by atoms with E-state index in [9.17, 15) is 0 Å². The van der Waals surface area contributed by atoms with E-state index < -0.39 is 7.82 Å². The Balaban J connectivity index is 0.000000383. The Hall–Kier alpha value is -1.31. The second kappa shape index (κ2) is 8.21. The van der Waals surface area contributed by atoms with Crippen LogP contribution in [0.5, 0.6) is 0 Å². The lowest BCUT2D eigenvalue weighted by Gasteiger charge is -2.30. The van der Waals surface area contributed by atoms with Crippen LogP contribution in [0.25, 0.3) is 0 Å². The number of pyridine rings is 1. The van der Waals surface area contributed by atoms with Crippen molar-refractivity contribution in [3.05, 3.63) is 30.1 Å². The zero-order valence-corrected chi connectivity index (χ0v) is 13.0. The van der Waals surface area contributed by atoms with Crippen molar-refractivity contribution in [3.8, 4) is 0 Å². The summed E-state index contributed by atoms with van der Waals surface area (Å²) >= 11 is 0. The molecule has 0 unspecified atom stereocenters. The predicted octanol–water partition coefficient (Wildman–Crippen LogP) is 0.124. The zero-order chi connectivity index (χ0) is 15.9. The van der Waals surface area contributed by atoms with Gasteiger partial charge in [0.05, 0.1) is 5.71 Å². The van der Waals surface area contributed by atoms with Gasteiger partial charge in [-0.1, -0.05) is 0 Å². The number of rotatable bonds is 2. The van der Waals surface area contributed by atoms with Crippen LogP contribution in [0.1, 0.15) is 12.5 Å². The normalized spacial score (nSPS) is 17.2. The standard InChI is InChI=1S/C12H18N4.H3O4P/c1-11(12-3-5-13-6-4-12)14-16-9-7-15(2)8-10-16;1-5(2,3)4/h3-6H,7-10H2,1-2H3;(H3,1,2,3,4). The van der Waals surface area contributed by atoms with Crippen LogP contribution in [0.4, 0.5) is 0 Å². The number of aromatic nitrogens is 1. The van der Waals surface area contributed by atoms with Crippen molar-refractivity contribution in [3.63, 3.8) is 0 Å². The lowest BCUT2D eigenvalue weighted by atomic mass is 10.2. The summed E-state index contributed by atoms with van der Waals surface area (Å²) in [6, 6.07) is 3.99. The first-order valence-corrected chi connectivity index (χ1v) is 7.99. The second-order valence-electron chi connectivity index (χ2n) is 4.69. The molecule has 0 amide bonds. The first kappa shape index (κ1) is 17.7. The van der Waals surface area contributed by atoms with Gasteiger partial charge in [-0.25, -0.2) is 4.57 Å². The Morgan fingerprint density at radius 1 is 1.19 bits per heavy atom. The molecular weight excluding hydrogens is 295 g/mol. The zero-order valence-electron chi connectivity index (χ0n) is 12.1. The third-order valence-electron chi connectivity index (χ3n) is 2.87. The molecule has 21 heavy (non-hydrogen) atoms. The number of likely N-dealkylation sites (N-methyl/N-ethyl adjacent to an activating group) is 1. The molecule has 2 rings (SSSR count). The molecule has 9 heteroatoms. The molecule has 3 N–H and O–H groups in total. The number of nitrogens with zero attached hydrogens (tertiary/aromatic N) is 4. The van der Waals surface area contributed by atoms with E-state index in [1.807, 2.05) is 19.1 Å². The van der Waals surface area contributed by atoms with Gasteiger partial charge < -0.3 is 19.6 Å². The predicted molar refractivity (Wildman–Crippen MR) is 79.8 cm³/mol. The van der Waals surface area contributed by atoms with Crippen molar-refractivity contribution in [2.75, 3.05) is 33.2 Å². The average Bonchev–Trinajstić information content (AvgIpc) is 2.40. The molecule has 1 aliphatic heterocycles. The van der Waals surface area contributed by atoms with Crippen LogP contribution < -0.4 is 0 Å². The number of hydrazone groups is 1. The third-order valence-corrected chi connectivity index (χ3v) is 2.87. The van der Waals surface area contributed by atoms with Crippen LogP contribution in [-0.4, -0.2) is 68.5 Å². The van der Waals surface area contributed by atoms with Crippen molar-refractivity contribution in [1.29, 1.82) is 0 Å². The average molecular weight is 316 g/mol. The van der Waals surface area contributed by atoms with Crippen molar-refractivity contribution >= 4 is 13.5 Å². The highest BCUT2D eigenvalue weighted by Crippen LogP contribution is 2.25. The number of phosphoric acid groups is 1. The van der Waals surface area contributed by atoms with E-state index in [0.717, 1.165) is 37.5 Å². The van der Waals surface area contributed by atoms with E-state index in [2.05, 4.69) is 27.0 Å². The molecule has 2 heterocycles. The van der Waals surface area contributed by atoms with Crippen molar-refractivity contribution < 1.29 is 19.2 Å². The van der Waals surface area contributed by atoms with Gasteiger partial charge in [0.1, 0.15) is 0 Å². The van der Waals surface area contributed by atoms with E-state index in [-0.39, 0.29) is 0 Å². The minimum atomic E-state index is -4.64. The van der Waals surface area contributed by atoms with Crippen LogP contribution in [0, 0.1) is 0 Å². The topological polar surface area (TPSA) is 109 Å². The first-order chi connectivity index (χ1) is 9.75. The van der Waals surface area contributed by atoms with E-state index in [1.54, 1.807) is 12.4 Å². The molecule has 1 fully saturated rings. The lowest BCUT2D eigenvalue weighted by molar-refractivity contribution is 0.159. The van der Waals surface area contributed by atoms with E-state index in [4.69, 9.17) is 19.2 Å². The molecule has 1 aromatic rings. The van der Waals surface area contributed by atoms with E-state index in [1.165, 1.54) is 0 Å². The molecular formula is C12H21N4O4P. The smallest absolute Gasteiger partial charge is 0.303 e. The molecule has 0 aliphatic carbocycles. The van der Waals surface area contributed by atoms with E-state index in [0.29, 0.717) is 0 Å². The molecule has 0 spiro atoms. The highest BCUT2D eigenvalue weighted by atomic mass is 31.2. The molecule has 1 aliphatic rings. The van der Waals surface area contributed by atoms with Crippen LogP contribution in [0.15, 0.2) is 29.6 Å². The lowest BCUT2D eigenvalue weighted by Crippen LogP contribution is -2.42. The Bertz CT molecular complexity index is 489. The van der Waals surface area contributed by atoms with Crippen molar-refractivity contribution in [2.24, 2.45) is 5.10 Å². The summed E-state index contributed by atoms with van der Waals surface area (Å²) in [5.74, 6) is 0. The van der Waals surface area contributed by atoms with Gasteiger partial charge in [0, 0.05) is 44.1 Å². The molecule has 1 saturated heterocycles. The third kappa shape index (κ3) is 8.54. The fourth-order valence-corrected chi connectivity index (χ4v) is 1.76. The molecule has 118 valence electrons. The molecule has 0 atom stereocenters. The van der Waals surface area contributed by atoms with Crippen LogP contribution in [0.2, 0.25) is 0 Å². The van der Waals surface area contributed by atoms with Gasteiger partial charge in [-0.05, 0) is 26.1 Å². The quantitative estimate of drug-likeness (QED) is 0.525. The number of hydrogen-bond acceptors (Lipinski definition) is 5. The van der Waals surface area contributed by atoms with Crippen LogP contribution >= 0.6 is 7.82 Å². The molecule has 0 radical (unpaired) electrons. The maximum absolute atomic E-state index is 8.88. The summed E-state index contributed by atoms with van der Waals surface area (Å²) in [5.41, 5.74) is 2.21. The highest BCUT2D eigenvalue weighted by molar-refractivity contribution is 7.45. The van der Waals surface area contributed by atoms with Gasteiger partial charge in [-0.3, -0.25) is 9.99 Å². The first-order valence-electron chi connectivity index (χ1n) is 6.43. The largest absolute Gasteiger partial charge is 0.466 e. The minimum Gasteiger partial charge on any atom is -0.303 e. The van der Waals surface area contributed by atoms with E-state index >= 15 is 0 Å². The molecule has 0 aromatic carbocycles. The monoisotopic (exact) mass is 316 g/mol. The fourth-order valence-electron chi connectivity index (χ4n) is 1.76. The molecule has 0 bridgehead atoms. The summed E-state index contributed by atoms with van der Waals surface area (Å²) in [6.07, 6.45) is 3.61. The maximum atomic E-state index is 8.88. The summed E-state index contributed by atoms with van der Waals surface area (Å²) < 4.78 is 8.88. The van der Waals surface area contributed by atoms with Crippen molar-refractivity contribution in [2.45, 2.75) is 6.92 Å². The summed E-state index contributed by atoms with van der Waals surface area (Å²) in [6.45, 7) is 6.26. The van der Waals surface area contributed by atoms with Gasteiger partial charge in [-0.15, -0.1) is 0 Å². The SMILES string of the molecule is CC(=NN1CCN(C)CC1)c1ccncc1.O=P(O)(O)O. The Morgan fingerprint density at radius 2 is 1.67 bits per heavy atom. The summed E-state index contributed by atoms with van der Waals surface area (Å²) in [5, 5.41) is 6.78. The fraction of sp³-hybridized carbons (Fsp3) is 0.500.